The molecule has 3 aromatic rings. The molecule has 168 valence electrons. The molecule has 1 amide bonds. The smallest absolute Gasteiger partial charge is 0.270 e. The minimum Gasteiger partial charge on any atom is -0.351 e. The van der Waals surface area contributed by atoms with Crippen molar-refractivity contribution >= 4 is 49.9 Å². The number of nitro groups is 1. The molecule has 0 atom stereocenters. The van der Waals surface area contributed by atoms with Crippen LogP contribution in [0.2, 0.25) is 5.02 Å². The summed E-state index contributed by atoms with van der Waals surface area (Å²) in [5.41, 5.74) is 0.0367. The van der Waals surface area contributed by atoms with Gasteiger partial charge >= 0.3 is 0 Å². The van der Waals surface area contributed by atoms with E-state index in [2.05, 4.69) is 15.2 Å². The molecule has 4 rings (SSSR count). The number of piperazine rings is 1. The predicted molar refractivity (Wildman–Crippen MR) is 119 cm³/mol. The van der Waals surface area contributed by atoms with E-state index in [4.69, 9.17) is 11.6 Å². The molecule has 12 heteroatoms. The number of nitro benzene ring substituents is 1. The number of amides is 1. The number of carbonyl (C=O) groups is 1. The summed E-state index contributed by atoms with van der Waals surface area (Å²) in [6, 6.07) is 5.85. The van der Waals surface area contributed by atoms with Crippen molar-refractivity contribution in [2.75, 3.05) is 44.2 Å². The summed E-state index contributed by atoms with van der Waals surface area (Å²) >= 11 is 7.25. The summed E-state index contributed by atoms with van der Waals surface area (Å²) in [6.45, 7) is 3.68. The molecule has 0 saturated carbocycles. The van der Waals surface area contributed by atoms with Gasteiger partial charge in [-0.3, -0.25) is 19.8 Å². The largest absolute Gasteiger partial charge is 0.351 e. The first kappa shape index (κ1) is 22.3. The van der Waals surface area contributed by atoms with Crippen molar-refractivity contribution in [1.82, 2.24) is 15.2 Å². The van der Waals surface area contributed by atoms with E-state index in [-0.39, 0.29) is 21.8 Å². The summed E-state index contributed by atoms with van der Waals surface area (Å²) in [6.07, 6.45) is 0. The van der Waals surface area contributed by atoms with Gasteiger partial charge in [-0.25, -0.2) is 13.8 Å². The van der Waals surface area contributed by atoms with Crippen molar-refractivity contribution in [3.05, 3.63) is 62.7 Å². The number of non-ortho nitro benzene ring substituents is 1. The van der Waals surface area contributed by atoms with Gasteiger partial charge in [0, 0.05) is 57.5 Å². The van der Waals surface area contributed by atoms with Crippen LogP contribution in [-0.4, -0.2) is 60.0 Å². The summed E-state index contributed by atoms with van der Waals surface area (Å²) < 4.78 is 27.8. The molecule has 1 saturated heterocycles. The highest BCUT2D eigenvalue weighted by atomic mass is 35.5. The van der Waals surface area contributed by atoms with E-state index in [9.17, 15) is 23.7 Å². The highest BCUT2D eigenvalue weighted by Crippen LogP contribution is 2.31. The van der Waals surface area contributed by atoms with Crippen LogP contribution in [0, 0.1) is 21.7 Å². The maximum atomic E-state index is 13.9. The molecule has 8 nitrogen and oxygen atoms in total. The molecule has 0 radical (unpaired) electrons. The number of carbonyl (C=O) groups excluding carboxylic acids is 1. The zero-order chi connectivity index (χ0) is 22.8. The van der Waals surface area contributed by atoms with E-state index >= 15 is 0 Å². The van der Waals surface area contributed by atoms with E-state index in [0.29, 0.717) is 49.1 Å². The molecule has 2 heterocycles. The number of nitrogens with zero attached hydrogens (tertiary/aromatic N) is 4. The zero-order valence-corrected chi connectivity index (χ0v) is 18.3. The van der Waals surface area contributed by atoms with Crippen LogP contribution in [0.5, 0.6) is 0 Å². The maximum absolute atomic E-state index is 13.9. The lowest BCUT2D eigenvalue weighted by atomic mass is 10.2. The second kappa shape index (κ2) is 9.31. The molecule has 1 aliphatic rings. The van der Waals surface area contributed by atoms with E-state index < -0.39 is 22.5 Å². The highest BCUT2D eigenvalue weighted by Gasteiger charge is 2.21. The first-order valence-electron chi connectivity index (χ1n) is 9.77. The molecule has 32 heavy (non-hydrogen) atoms. The normalized spacial score (nSPS) is 14.7. The second-order valence-electron chi connectivity index (χ2n) is 7.24. The van der Waals surface area contributed by atoms with Crippen molar-refractivity contribution in [3.8, 4) is 0 Å². The number of halogens is 3. The number of rotatable bonds is 6. The molecule has 2 aromatic carbocycles. The Bertz CT molecular complexity index is 1180. The first-order valence-corrected chi connectivity index (χ1v) is 11.0. The van der Waals surface area contributed by atoms with Gasteiger partial charge in [0.2, 0.25) is 0 Å². The Labute approximate surface area is 190 Å². The second-order valence-corrected chi connectivity index (χ2v) is 8.65. The average molecular weight is 482 g/mol. The van der Waals surface area contributed by atoms with Crippen LogP contribution in [-0.2, 0) is 0 Å². The SMILES string of the molecule is O=C(NCCN1CCN(c2nc3c(F)cc(F)cc3s2)CC1)c1cc([N+](=O)[O-])ccc1Cl. The average Bonchev–Trinajstić information content (AvgIpc) is 3.18. The number of hydrogen-bond acceptors (Lipinski definition) is 7. The standard InChI is InChI=1S/C20H18ClF2N5O3S/c21-15-2-1-13(28(30)31)11-14(15)19(29)24-3-4-26-5-7-27(8-6-26)20-25-18-16(23)9-12(22)10-17(18)32-20/h1-2,9-11H,3-8H2,(H,24,29). The van der Waals surface area contributed by atoms with Crippen LogP contribution in [0.25, 0.3) is 10.2 Å². The Morgan fingerprint density at radius 1 is 1.22 bits per heavy atom. The summed E-state index contributed by atoms with van der Waals surface area (Å²) in [5.74, 6) is -1.76. The van der Waals surface area contributed by atoms with Gasteiger partial charge in [0.15, 0.2) is 10.9 Å². The molecule has 0 unspecified atom stereocenters. The van der Waals surface area contributed by atoms with Crippen molar-refractivity contribution in [2.24, 2.45) is 0 Å². The minimum atomic E-state index is -0.666. The summed E-state index contributed by atoms with van der Waals surface area (Å²) in [7, 11) is 0. The lowest BCUT2D eigenvalue weighted by Crippen LogP contribution is -2.48. The topological polar surface area (TPSA) is 91.6 Å². The number of fused-ring (bicyclic) bond motifs is 1. The van der Waals surface area contributed by atoms with Gasteiger partial charge in [0.05, 0.1) is 20.2 Å². The minimum absolute atomic E-state index is 0.0604. The molecule has 1 fully saturated rings. The van der Waals surface area contributed by atoms with Crippen LogP contribution in [0.4, 0.5) is 19.6 Å². The number of aromatic nitrogens is 1. The monoisotopic (exact) mass is 481 g/mol. The molecule has 1 N–H and O–H groups in total. The molecule has 0 aliphatic carbocycles. The van der Waals surface area contributed by atoms with Crippen molar-refractivity contribution in [1.29, 1.82) is 0 Å². The van der Waals surface area contributed by atoms with Gasteiger partial charge in [0.1, 0.15) is 11.3 Å². The Balaban J connectivity index is 1.29. The zero-order valence-electron chi connectivity index (χ0n) is 16.7. The third-order valence-corrected chi connectivity index (χ3v) is 6.56. The van der Waals surface area contributed by atoms with Crippen LogP contribution in [0.1, 0.15) is 10.4 Å². The van der Waals surface area contributed by atoms with E-state index in [1.807, 2.05) is 4.90 Å². The molecule has 0 bridgehead atoms. The maximum Gasteiger partial charge on any atom is 0.270 e. The molecule has 1 aliphatic heterocycles. The molecular formula is C20H18ClF2N5O3S. The third kappa shape index (κ3) is 4.79. The lowest BCUT2D eigenvalue weighted by Gasteiger charge is -2.34. The van der Waals surface area contributed by atoms with Crippen LogP contribution < -0.4 is 10.2 Å². The predicted octanol–water partition coefficient (Wildman–Crippen LogP) is 3.69. The van der Waals surface area contributed by atoms with Gasteiger partial charge < -0.3 is 10.2 Å². The fourth-order valence-electron chi connectivity index (χ4n) is 3.47. The summed E-state index contributed by atoms with van der Waals surface area (Å²) in [4.78, 5) is 31.2. The van der Waals surface area contributed by atoms with Gasteiger partial charge in [-0.15, -0.1) is 0 Å². The van der Waals surface area contributed by atoms with Gasteiger partial charge in [0.25, 0.3) is 11.6 Å². The lowest BCUT2D eigenvalue weighted by molar-refractivity contribution is -0.384. The molecule has 0 spiro atoms. The van der Waals surface area contributed by atoms with Crippen LogP contribution in [0.3, 0.4) is 0 Å². The number of hydrogen-bond donors (Lipinski definition) is 1. The van der Waals surface area contributed by atoms with Crippen molar-refractivity contribution in [2.45, 2.75) is 0 Å². The molecular weight excluding hydrogens is 464 g/mol. The Hall–Kier alpha value is -2.89. The number of nitrogens with one attached hydrogen (secondary N) is 1. The quantitative estimate of drug-likeness (QED) is 0.426. The van der Waals surface area contributed by atoms with Gasteiger partial charge in [-0.05, 0) is 12.1 Å². The van der Waals surface area contributed by atoms with E-state index in [1.54, 1.807) is 0 Å². The number of anilines is 1. The Kier molecular flexibility index (Phi) is 6.49. The van der Waals surface area contributed by atoms with Gasteiger partial charge in [-0.2, -0.15) is 0 Å². The van der Waals surface area contributed by atoms with Crippen molar-refractivity contribution < 1.29 is 18.5 Å². The fraction of sp³-hybridized carbons (Fsp3) is 0.300. The number of benzene rings is 2. The van der Waals surface area contributed by atoms with E-state index in [0.717, 1.165) is 12.1 Å². The third-order valence-electron chi connectivity index (χ3n) is 5.16. The van der Waals surface area contributed by atoms with E-state index in [1.165, 1.54) is 29.5 Å². The van der Waals surface area contributed by atoms with Crippen LogP contribution in [0.15, 0.2) is 30.3 Å². The van der Waals surface area contributed by atoms with Crippen molar-refractivity contribution in [3.63, 3.8) is 0 Å². The summed E-state index contributed by atoms with van der Waals surface area (Å²) in [5, 5.41) is 14.4. The highest BCUT2D eigenvalue weighted by molar-refractivity contribution is 7.22. The fourth-order valence-corrected chi connectivity index (χ4v) is 4.73. The van der Waals surface area contributed by atoms with Crippen LogP contribution >= 0.6 is 22.9 Å². The molecule has 1 aromatic heterocycles. The Morgan fingerprint density at radius 2 is 1.97 bits per heavy atom. The number of thiazole rings is 1. The Morgan fingerprint density at radius 3 is 2.69 bits per heavy atom. The van der Waals surface area contributed by atoms with Gasteiger partial charge in [-0.1, -0.05) is 22.9 Å². The first-order chi connectivity index (χ1) is 15.3.